The van der Waals surface area contributed by atoms with Crippen molar-refractivity contribution in [3.8, 4) is 5.75 Å². The van der Waals surface area contributed by atoms with E-state index in [1.54, 1.807) is 7.11 Å². The van der Waals surface area contributed by atoms with Crippen molar-refractivity contribution in [2.75, 3.05) is 28.4 Å². The molecule has 0 bridgehead atoms. The lowest BCUT2D eigenvalue weighted by molar-refractivity contribution is -0.365. The van der Waals surface area contributed by atoms with E-state index in [2.05, 4.69) is 0 Å². The maximum Gasteiger partial charge on any atom is 0.314 e. The predicted molar refractivity (Wildman–Crippen MR) is 73.2 cm³/mol. The van der Waals surface area contributed by atoms with Crippen molar-refractivity contribution in [1.29, 1.82) is 0 Å². The molecule has 0 N–H and O–H groups in total. The number of ether oxygens (including phenoxy) is 4. The summed E-state index contributed by atoms with van der Waals surface area (Å²) >= 11 is 0. The van der Waals surface area contributed by atoms with Crippen LogP contribution in [-0.2, 0) is 20.2 Å². The molecule has 4 heteroatoms. The molecule has 0 aliphatic rings. The molecule has 0 saturated heterocycles. The van der Waals surface area contributed by atoms with Crippen LogP contribution in [0.5, 0.6) is 5.75 Å². The van der Waals surface area contributed by atoms with Crippen LogP contribution < -0.4 is 4.74 Å². The highest BCUT2D eigenvalue weighted by Crippen LogP contribution is 2.37. The van der Waals surface area contributed by atoms with Crippen LogP contribution in [0.25, 0.3) is 10.8 Å². The summed E-state index contributed by atoms with van der Waals surface area (Å²) in [6.07, 6.45) is 0. The first-order chi connectivity index (χ1) is 9.20. The van der Waals surface area contributed by atoms with E-state index in [0.29, 0.717) is 11.3 Å². The molecule has 0 aromatic heterocycles. The Hall–Kier alpha value is -1.62. The van der Waals surface area contributed by atoms with Gasteiger partial charge in [-0.05, 0) is 22.9 Å². The van der Waals surface area contributed by atoms with E-state index >= 15 is 0 Å². The molecule has 19 heavy (non-hydrogen) atoms. The molecule has 0 amide bonds. The van der Waals surface area contributed by atoms with Gasteiger partial charge in [0.15, 0.2) is 0 Å². The maximum absolute atomic E-state index is 5.42. The highest BCUT2D eigenvalue weighted by Gasteiger charge is 2.36. The second kappa shape index (κ2) is 5.57. The van der Waals surface area contributed by atoms with Crippen LogP contribution in [0.2, 0.25) is 0 Å². The zero-order valence-corrected chi connectivity index (χ0v) is 11.6. The number of methoxy groups -OCH3 is 4. The van der Waals surface area contributed by atoms with E-state index in [4.69, 9.17) is 18.9 Å². The molecule has 2 aromatic rings. The first-order valence-corrected chi connectivity index (χ1v) is 5.93. The second-order valence-corrected chi connectivity index (χ2v) is 4.07. The third-order valence-electron chi connectivity index (χ3n) is 3.20. The minimum atomic E-state index is -1.27. The van der Waals surface area contributed by atoms with Gasteiger partial charge in [-0.25, -0.2) is 0 Å². The molecular formula is C15H18O4. The van der Waals surface area contributed by atoms with Gasteiger partial charge in [0.1, 0.15) is 5.75 Å². The standard InChI is InChI=1S/C15H18O4/c1-16-14-10-12-8-6-5-7-11(12)9-13(14)15(17-2,18-3)19-4/h5-10H,1-4H3. The highest BCUT2D eigenvalue weighted by molar-refractivity contribution is 5.85. The first-order valence-electron chi connectivity index (χ1n) is 5.93. The van der Waals surface area contributed by atoms with Gasteiger partial charge in [0.25, 0.3) is 0 Å². The first kappa shape index (κ1) is 13.8. The van der Waals surface area contributed by atoms with Crippen LogP contribution >= 0.6 is 0 Å². The fraction of sp³-hybridized carbons (Fsp3) is 0.333. The fourth-order valence-electron chi connectivity index (χ4n) is 2.21. The molecule has 0 aliphatic heterocycles. The summed E-state index contributed by atoms with van der Waals surface area (Å²) in [7, 11) is 6.20. The molecule has 0 radical (unpaired) electrons. The third kappa shape index (κ3) is 2.30. The fourth-order valence-corrected chi connectivity index (χ4v) is 2.21. The van der Waals surface area contributed by atoms with Crippen LogP contribution in [0.4, 0.5) is 0 Å². The van der Waals surface area contributed by atoms with Crippen LogP contribution in [0, 0.1) is 0 Å². The number of rotatable bonds is 5. The SMILES string of the molecule is COc1cc2ccccc2cc1C(OC)(OC)OC. The average molecular weight is 262 g/mol. The van der Waals surface area contributed by atoms with E-state index in [9.17, 15) is 0 Å². The van der Waals surface area contributed by atoms with Gasteiger partial charge in [-0.15, -0.1) is 0 Å². The van der Waals surface area contributed by atoms with E-state index < -0.39 is 5.97 Å². The number of fused-ring (bicyclic) bond motifs is 1. The summed E-state index contributed by atoms with van der Waals surface area (Å²) in [6, 6.07) is 11.9. The number of hydrogen-bond acceptors (Lipinski definition) is 4. The lowest BCUT2D eigenvalue weighted by Crippen LogP contribution is -2.33. The summed E-state index contributed by atoms with van der Waals surface area (Å²) < 4.78 is 21.6. The van der Waals surface area contributed by atoms with Crippen molar-refractivity contribution in [3.05, 3.63) is 42.0 Å². The summed E-state index contributed by atoms with van der Waals surface area (Å²) in [4.78, 5) is 0. The van der Waals surface area contributed by atoms with Crippen molar-refractivity contribution < 1.29 is 18.9 Å². The quantitative estimate of drug-likeness (QED) is 0.776. The van der Waals surface area contributed by atoms with E-state index in [-0.39, 0.29) is 0 Å². The van der Waals surface area contributed by atoms with Crippen molar-refractivity contribution >= 4 is 10.8 Å². The Bertz CT molecular complexity index is 553. The molecule has 0 spiro atoms. The van der Waals surface area contributed by atoms with Gasteiger partial charge in [0, 0.05) is 21.3 Å². The van der Waals surface area contributed by atoms with Gasteiger partial charge in [-0.2, -0.15) is 0 Å². The molecule has 0 aliphatic carbocycles. The molecule has 0 unspecified atom stereocenters. The molecule has 2 rings (SSSR count). The number of benzene rings is 2. The van der Waals surface area contributed by atoms with Crippen molar-refractivity contribution in [2.24, 2.45) is 0 Å². The molecule has 102 valence electrons. The van der Waals surface area contributed by atoms with Gasteiger partial charge < -0.3 is 18.9 Å². The average Bonchev–Trinajstić information content (AvgIpc) is 2.49. The topological polar surface area (TPSA) is 36.9 Å². The molecule has 0 heterocycles. The second-order valence-electron chi connectivity index (χ2n) is 4.07. The van der Waals surface area contributed by atoms with Crippen LogP contribution in [0.1, 0.15) is 5.56 Å². The Morgan fingerprint density at radius 2 is 1.32 bits per heavy atom. The lowest BCUT2D eigenvalue weighted by atomic mass is 10.0. The zero-order chi connectivity index (χ0) is 13.9. The van der Waals surface area contributed by atoms with Crippen LogP contribution in [0.3, 0.4) is 0 Å². The van der Waals surface area contributed by atoms with E-state index in [1.807, 2.05) is 36.4 Å². The zero-order valence-electron chi connectivity index (χ0n) is 11.6. The maximum atomic E-state index is 5.42. The van der Waals surface area contributed by atoms with Gasteiger partial charge in [-0.1, -0.05) is 24.3 Å². The molecule has 0 atom stereocenters. The Labute approximate surface area is 112 Å². The van der Waals surface area contributed by atoms with Gasteiger partial charge >= 0.3 is 5.97 Å². The summed E-state index contributed by atoms with van der Waals surface area (Å²) in [5, 5.41) is 2.15. The minimum Gasteiger partial charge on any atom is -0.496 e. The van der Waals surface area contributed by atoms with Crippen molar-refractivity contribution in [2.45, 2.75) is 5.97 Å². The van der Waals surface area contributed by atoms with Crippen LogP contribution in [0.15, 0.2) is 36.4 Å². The van der Waals surface area contributed by atoms with Gasteiger partial charge in [0.2, 0.25) is 0 Å². The Morgan fingerprint density at radius 3 is 1.79 bits per heavy atom. The monoisotopic (exact) mass is 262 g/mol. The summed E-state index contributed by atoms with van der Waals surface area (Å²) in [5.74, 6) is -0.612. The highest BCUT2D eigenvalue weighted by atomic mass is 16.9. The van der Waals surface area contributed by atoms with E-state index in [1.165, 1.54) is 21.3 Å². The van der Waals surface area contributed by atoms with E-state index in [0.717, 1.165) is 10.8 Å². The summed E-state index contributed by atoms with van der Waals surface area (Å²) in [5.41, 5.74) is 0.696. The Morgan fingerprint density at radius 1 is 0.789 bits per heavy atom. The predicted octanol–water partition coefficient (Wildman–Crippen LogP) is 2.90. The normalized spacial score (nSPS) is 11.8. The molecule has 4 nitrogen and oxygen atoms in total. The third-order valence-corrected chi connectivity index (χ3v) is 3.20. The Kier molecular flexibility index (Phi) is 4.04. The molecular weight excluding hydrogens is 244 g/mol. The number of hydrogen-bond donors (Lipinski definition) is 0. The van der Waals surface area contributed by atoms with Gasteiger partial charge in [-0.3, -0.25) is 0 Å². The lowest BCUT2D eigenvalue weighted by Gasteiger charge is -2.30. The Balaban J connectivity index is 2.70. The smallest absolute Gasteiger partial charge is 0.314 e. The minimum absolute atomic E-state index is 0.657. The van der Waals surface area contributed by atoms with Crippen molar-refractivity contribution in [3.63, 3.8) is 0 Å². The van der Waals surface area contributed by atoms with Crippen molar-refractivity contribution in [1.82, 2.24) is 0 Å². The summed E-state index contributed by atoms with van der Waals surface area (Å²) in [6.45, 7) is 0. The van der Waals surface area contributed by atoms with Gasteiger partial charge in [0.05, 0.1) is 12.7 Å². The largest absolute Gasteiger partial charge is 0.496 e. The van der Waals surface area contributed by atoms with Crippen LogP contribution in [-0.4, -0.2) is 28.4 Å². The molecule has 0 fully saturated rings. The molecule has 2 aromatic carbocycles. The molecule has 0 saturated carbocycles.